The SMILES string of the molecule is Cc1cccc(-n2ccn(CN3CCN(CC(=O)NC(C)(C)C)CC3)c2=S)c1C. The molecule has 1 aromatic heterocycles. The first-order valence-electron chi connectivity index (χ1n) is 10.2. The first-order valence-corrected chi connectivity index (χ1v) is 10.6. The Balaban J connectivity index is 1.58. The molecule has 1 aromatic carbocycles. The van der Waals surface area contributed by atoms with E-state index in [1.165, 1.54) is 11.1 Å². The maximum Gasteiger partial charge on any atom is 0.234 e. The molecule has 6 nitrogen and oxygen atoms in total. The molecule has 7 heteroatoms. The maximum absolute atomic E-state index is 12.1. The van der Waals surface area contributed by atoms with Crippen LogP contribution in [0.25, 0.3) is 5.69 Å². The number of rotatable bonds is 5. The molecule has 1 aliphatic rings. The maximum atomic E-state index is 12.1. The highest BCUT2D eigenvalue weighted by molar-refractivity contribution is 7.71. The predicted molar refractivity (Wildman–Crippen MR) is 120 cm³/mol. The minimum Gasteiger partial charge on any atom is -0.350 e. The molecular weight excluding hydrogens is 382 g/mol. The smallest absolute Gasteiger partial charge is 0.234 e. The Kier molecular flexibility index (Phi) is 6.61. The lowest BCUT2D eigenvalue weighted by Crippen LogP contribution is -2.51. The van der Waals surface area contributed by atoms with Gasteiger partial charge < -0.3 is 9.88 Å². The van der Waals surface area contributed by atoms with E-state index in [0.717, 1.165) is 43.3 Å². The van der Waals surface area contributed by atoms with E-state index >= 15 is 0 Å². The Morgan fingerprint density at radius 3 is 2.38 bits per heavy atom. The molecule has 0 unspecified atom stereocenters. The van der Waals surface area contributed by atoms with Gasteiger partial charge in [0.15, 0.2) is 4.77 Å². The van der Waals surface area contributed by atoms with Crippen molar-refractivity contribution < 1.29 is 4.79 Å². The fraction of sp³-hybridized carbons (Fsp3) is 0.545. The standard InChI is InChI=1S/C22H33N5OS/c1-17-7-6-8-19(18(17)2)27-14-13-26(21(27)29)16-25-11-9-24(10-12-25)15-20(28)23-22(3,4)5/h6-8,13-14H,9-12,15-16H2,1-5H3,(H,23,28). The summed E-state index contributed by atoms with van der Waals surface area (Å²) in [7, 11) is 0. The topological polar surface area (TPSA) is 45.4 Å². The van der Waals surface area contributed by atoms with Crippen LogP contribution in [0.15, 0.2) is 30.6 Å². The van der Waals surface area contributed by atoms with Crippen LogP contribution in [0.2, 0.25) is 0 Å². The number of imidazole rings is 1. The third-order valence-electron chi connectivity index (χ3n) is 5.38. The molecule has 0 saturated carbocycles. The molecule has 1 amide bonds. The number of hydrogen-bond acceptors (Lipinski definition) is 4. The lowest BCUT2D eigenvalue weighted by Gasteiger charge is -2.34. The number of nitrogens with zero attached hydrogens (tertiary/aromatic N) is 4. The van der Waals surface area contributed by atoms with Crippen LogP contribution in [0.4, 0.5) is 0 Å². The van der Waals surface area contributed by atoms with Crippen molar-refractivity contribution in [3.8, 4) is 5.69 Å². The highest BCUT2D eigenvalue weighted by atomic mass is 32.1. The Labute approximate surface area is 179 Å². The molecule has 0 spiro atoms. The molecule has 3 rings (SSSR count). The molecule has 1 N–H and O–H groups in total. The number of aryl methyl sites for hydroxylation is 1. The minimum atomic E-state index is -0.182. The number of hydrogen-bond donors (Lipinski definition) is 1. The van der Waals surface area contributed by atoms with Gasteiger partial charge in [0, 0.05) is 44.1 Å². The van der Waals surface area contributed by atoms with Crippen LogP contribution < -0.4 is 5.32 Å². The second kappa shape index (κ2) is 8.81. The largest absolute Gasteiger partial charge is 0.350 e. The molecule has 0 radical (unpaired) electrons. The zero-order valence-electron chi connectivity index (χ0n) is 18.2. The first-order chi connectivity index (χ1) is 13.6. The Bertz CT molecular complexity index is 916. The molecule has 0 bridgehead atoms. The average molecular weight is 416 g/mol. The molecule has 2 aromatic rings. The van der Waals surface area contributed by atoms with E-state index in [2.05, 4.69) is 68.7 Å². The molecule has 2 heterocycles. The van der Waals surface area contributed by atoms with Gasteiger partial charge in [-0.05, 0) is 64.0 Å². The van der Waals surface area contributed by atoms with Crippen molar-refractivity contribution >= 4 is 18.1 Å². The summed E-state index contributed by atoms with van der Waals surface area (Å²) in [6.07, 6.45) is 4.12. The number of carbonyl (C=O) groups excluding carboxylic acids is 1. The summed E-state index contributed by atoms with van der Waals surface area (Å²) >= 11 is 5.75. The fourth-order valence-electron chi connectivity index (χ4n) is 3.67. The quantitative estimate of drug-likeness (QED) is 0.762. The third kappa shape index (κ3) is 5.56. The van der Waals surface area contributed by atoms with E-state index in [0.29, 0.717) is 6.54 Å². The second-order valence-corrected chi connectivity index (χ2v) is 9.34. The summed E-state index contributed by atoms with van der Waals surface area (Å²) in [4.78, 5) is 16.8. The number of amides is 1. The van der Waals surface area contributed by atoms with Gasteiger partial charge >= 0.3 is 0 Å². The van der Waals surface area contributed by atoms with Crippen molar-refractivity contribution in [2.75, 3.05) is 32.7 Å². The van der Waals surface area contributed by atoms with Crippen molar-refractivity contribution in [1.29, 1.82) is 0 Å². The highest BCUT2D eigenvalue weighted by Crippen LogP contribution is 2.18. The zero-order valence-corrected chi connectivity index (χ0v) is 19.1. The molecule has 0 aliphatic carbocycles. The number of benzene rings is 1. The average Bonchev–Trinajstić information content (AvgIpc) is 2.98. The molecule has 0 atom stereocenters. The number of piperazine rings is 1. The lowest BCUT2D eigenvalue weighted by atomic mass is 10.1. The van der Waals surface area contributed by atoms with E-state index in [4.69, 9.17) is 12.2 Å². The summed E-state index contributed by atoms with van der Waals surface area (Å²) in [5, 5.41) is 3.04. The van der Waals surface area contributed by atoms with Gasteiger partial charge in [-0.15, -0.1) is 0 Å². The van der Waals surface area contributed by atoms with Crippen LogP contribution in [0.1, 0.15) is 31.9 Å². The van der Waals surface area contributed by atoms with E-state index < -0.39 is 0 Å². The zero-order chi connectivity index (χ0) is 21.2. The molecule has 29 heavy (non-hydrogen) atoms. The van der Waals surface area contributed by atoms with Gasteiger partial charge in [-0.1, -0.05) is 12.1 Å². The van der Waals surface area contributed by atoms with Gasteiger partial charge in [0.05, 0.1) is 18.9 Å². The summed E-state index contributed by atoms with van der Waals surface area (Å²) in [5.74, 6) is 0.0961. The fourth-order valence-corrected chi connectivity index (χ4v) is 3.94. The van der Waals surface area contributed by atoms with Gasteiger partial charge in [0.25, 0.3) is 0 Å². The predicted octanol–water partition coefficient (Wildman–Crippen LogP) is 3.11. The second-order valence-electron chi connectivity index (χ2n) is 8.97. The van der Waals surface area contributed by atoms with Gasteiger partial charge in [0.1, 0.15) is 0 Å². The van der Waals surface area contributed by atoms with E-state index in [9.17, 15) is 4.79 Å². The summed E-state index contributed by atoms with van der Waals surface area (Å²) in [6, 6.07) is 6.32. The van der Waals surface area contributed by atoms with Gasteiger partial charge in [-0.25, -0.2) is 0 Å². The summed E-state index contributed by atoms with van der Waals surface area (Å²) < 4.78 is 5.02. The number of nitrogens with one attached hydrogen (secondary N) is 1. The van der Waals surface area contributed by atoms with Crippen LogP contribution in [0, 0.1) is 18.6 Å². The van der Waals surface area contributed by atoms with Crippen molar-refractivity contribution in [3.63, 3.8) is 0 Å². The molecular formula is C22H33N5OS. The summed E-state index contributed by atoms with van der Waals surface area (Å²) in [6.45, 7) is 15.2. The Morgan fingerprint density at radius 1 is 1.07 bits per heavy atom. The van der Waals surface area contributed by atoms with E-state index in [1.54, 1.807) is 0 Å². The number of carbonyl (C=O) groups is 1. The molecule has 1 fully saturated rings. The normalized spacial score (nSPS) is 16.2. The van der Waals surface area contributed by atoms with Crippen molar-refractivity contribution in [2.45, 2.75) is 46.8 Å². The van der Waals surface area contributed by atoms with E-state index in [-0.39, 0.29) is 11.4 Å². The van der Waals surface area contributed by atoms with E-state index in [1.807, 2.05) is 20.8 Å². The molecule has 158 valence electrons. The molecule has 1 aliphatic heterocycles. The van der Waals surface area contributed by atoms with Crippen molar-refractivity contribution in [2.24, 2.45) is 0 Å². The van der Waals surface area contributed by atoms with Crippen LogP contribution in [-0.2, 0) is 11.5 Å². The molecule has 1 saturated heterocycles. The number of aromatic nitrogens is 2. The van der Waals surface area contributed by atoms with Crippen LogP contribution in [0.5, 0.6) is 0 Å². The van der Waals surface area contributed by atoms with Crippen LogP contribution in [-0.4, -0.2) is 63.1 Å². The lowest BCUT2D eigenvalue weighted by molar-refractivity contribution is -0.124. The summed E-state index contributed by atoms with van der Waals surface area (Å²) in [5.41, 5.74) is 3.48. The van der Waals surface area contributed by atoms with Gasteiger partial charge in [0.2, 0.25) is 5.91 Å². The van der Waals surface area contributed by atoms with Crippen molar-refractivity contribution in [1.82, 2.24) is 24.3 Å². The van der Waals surface area contributed by atoms with Crippen LogP contribution in [0.3, 0.4) is 0 Å². The van der Waals surface area contributed by atoms with Crippen molar-refractivity contribution in [3.05, 3.63) is 46.5 Å². The minimum absolute atomic E-state index is 0.0961. The highest BCUT2D eigenvalue weighted by Gasteiger charge is 2.21. The van der Waals surface area contributed by atoms with Gasteiger partial charge in [-0.2, -0.15) is 0 Å². The van der Waals surface area contributed by atoms with Gasteiger partial charge in [-0.3, -0.25) is 19.2 Å². The monoisotopic (exact) mass is 415 g/mol. The Hall–Kier alpha value is -1.96. The van der Waals surface area contributed by atoms with Crippen LogP contribution >= 0.6 is 12.2 Å². The first kappa shape index (κ1) is 21.7. The third-order valence-corrected chi connectivity index (χ3v) is 5.81. The Morgan fingerprint density at radius 2 is 1.72 bits per heavy atom.